The van der Waals surface area contributed by atoms with Crippen molar-refractivity contribution in [2.75, 3.05) is 31.6 Å². The number of hydrogen-bond acceptors (Lipinski definition) is 6. The minimum Gasteiger partial charge on any atom is -0.497 e. The van der Waals surface area contributed by atoms with Gasteiger partial charge in [-0.25, -0.2) is 0 Å². The third-order valence-corrected chi connectivity index (χ3v) is 5.62. The molecule has 4 rings (SSSR count). The number of ether oxygens (including phenoxy) is 1. The van der Waals surface area contributed by atoms with Gasteiger partial charge in [-0.05, 0) is 56.0 Å². The molecule has 0 spiro atoms. The summed E-state index contributed by atoms with van der Waals surface area (Å²) in [5.74, 6) is 1.32. The Morgan fingerprint density at radius 3 is 2.87 bits per heavy atom. The first-order chi connectivity index (χ1) is 15.1. The topological polar surface area (TPSA) is 80.5 Å². The average molecular weight is 421 g/mol. The Kier molecular flexibility index (Phi) is 6.50. The fraction of sp³-hybridized carbons (Fsp3) is 0.375. The highest BCUT2D eigenvalue weighted by Crippen LogP contribution is 2.25. The molecular formula is C24H28N4O3. The van der Waals surface area contributed by atoms with Crippen LogP contribution in [-0.2, 0) is 11.2 Å². The van der Waals surface area contributed by atoms with Gasteiger partial charge in [0.25, 0.3) is 0 Å². The fourth-order valence-electron chi connectivity index (χ4n) is 3.91. The molecule has 1 aliphatic heterocycles. The summed E-state index contributed by atoms with van der Waals surface area (Å²) in [6.07, 6.45) is 2.61. The van der Waals surface area contributed by atoms with Gasteiger partial charge in [-0.1, -0.05) is 35.0 Å². The highest BCUT2D eigenvalue weighted by molar-refractivity contribution is 5.79. The first-order valence-electron chi connectivity index (χ1n) is 10.7. The molecule has 2 aromatic carbocycles. The number of piperidine rings is 1. The minimum atomic E-state index is -0.0809. The van der Waals surface area contributed by atoms with Crippen molar-refractivity contribution in [3.8, 4) is 17.1 Å². The molecule has 1 unspecified atom stereocenters. The van der Waals surface area contributed by atoms with Gasteiger partial charge < -0.3 is 19.5 Å². The number of aryl methyl sites for hydroxylation is 1. The summed E-state index contributed by atoms with van der Waals surface area (Å²) in [5.41, 5.74) is 3.33. The monoisotopic (exact) mass is 420 g/mol. The zero-order valence-electron chi connectivity index (χ0n) is 18.0. The summed E-state index contributed by atoms with van der Waals surface area (Å²) >= 11 is 0. The molecule has 0 radical (unpaired) electrons. The summed E-state index contributed by atoms with van der Waals surface area (Å²) < 4.78 is 10.7. The molecule has 1 amide bonds. The zero-order chi connectivity index (χ0) is 21.6. The van der Waals surface area contributed by atoms with E-state index in [4.69, 9.17) is 9.26 Å². The van der Waals surface area contributed by atoms with E-state index in [2.05, 4.69) is 46.6 Å². The maximum atomic E-state index is 12.7. The molecule has 1 N–H and O–H groups in total. The first kappa shape index (κ1) is 20.9. The van der Waals surface area contributed by atoms with E-state index in [0.717, 1.165) is 37.1 Å². The van der Waals surface area contributed by atoms with Crippen LogP contribution in [0.15, 0.2) is 53.1 Å². The van der Waals surface area contributed by atoms with Gasteiger partial charge in [0, 0.05) is 25.2 Å². The lowest BCUT2D eigenvalue weighted by atomic mass is 9.97. The maximum Gasteiger partial charge on any atom is 0.324 e. The zero-order valence-corrected chi connectivity index (χ0v) is 18.0. The molecule has 1 saturated heterocycles. The molecule has 0 aliphatic carbocycles. The van der Waals surface area contributed by atoms with Crippen molar-refractivity contribution < 1.29 is 14.1 Å². The van der Waals surface area contributed by atoms with Crippen molar-refractivity contribution in [3.05, 3.63) is 59.7 Å². The predicted octanol–water partition coefficient (Wildman–Crippen LogP) is 3.63. The molecule has 1 aromatic heterocycles. The Morgan fingerprint density at radius 2 is 2.10 bits per heavy atom. The lowest BCUT2D eigenvalue weighted by Gasteiger charge is -2.30. The maximum absolute atomic E-state index is 12.7. The standard InChI is InChI=1S/C24H28N4O3/c1-17-5-3-6-18(15-17)12-13-25-23(29)20-7-4-14-28(16-20)24-26-22(27-31-24)19-8-10-21(30-2)11-9-19/h3,5-6,8-11,15,20H,4,7,12-14,16H2,1-2H3,(H,25,29). The normalized spacial score (nSPS) is 16.2. The Labute approximate surface area is 182 Å². The van der Waals surface area contributed by atoms with Gasteiger partial charge in [-0.3, -0.25) is 4.79 Å². The Morgan fingerprint density at radius 1 is 1.26 bits per heavy atom. The SMILES string of the molecule is COc1ccc(-c2noc(N3CCCC(C(=O)NCCc4cccc(C)c4)C3)n2)cc1. The smallest absolute Gasteiger partial charge is 0.324 e. The van der Waals surface area contributed by atoms with E-state index in [9.17, 15) is 4.79 Å². The second-order valence-electron chi connectivity index (χ2n) is 7.94. The van der Waals surface area contributed by atoms with Crippen molar-refractivity contribution in [2.45, 2.75) is 26.2 Å². The summed E-state index contributed by atoms with van der Waals surface area (Å²) in [5, 5.41) is 7.20. The molecule has 3 aromatic rings. The third kappa shape index (κ3) is 5.23. The molecule has 1 aliphatic rings. The molecule has 0 bridgehead atoms. The molecule has 1 atom stereocenters. The Bertz CT molecular complexity index is 1020. The fourth-order valence-corrected chi connectivity index (χ4v) is 3.91. The van der Waals surface area contributed by atoms with Crippen molar-refractivity contribution >= 4 is 11.9 Å². The quantitative estimate of drug-likeness (QED) is 0.629. The number of nitrogens with one attached hydrogen (secondary N) is 1. The van der Waals surface area contributed by atoms with Gasteiger partial charge in [0.05, 0.1) is 13.0 Å². The number of carbonyl (C=O) groups is 1. The number of methoxy groups -OCH3 is 1. The second-order valence-corrected chi connectivity index (χ2v) is 7.94. The molecular weight excluding hydrogens is 392 g/mol. The van der Waals surface area contributed by atoms with Crippen molar-refractivity contribution in [3.63, 3.8) is 0 Å². The van der Waals surface area contributed by atoms with Gasteiger partial charge >= 0.3 is 6.01 Å². The Hall–Kier alpha value is -3.35. The summed E-state index contributed by atoms with van der Waals surface area (Å²) in [6.45, 7) is 4.11. The van der Waals surface area contributed by atoms with Crippen LogP contribution >= 0.6 is 0 Å². The second kappa shape index (κ2) is 9.64. The third-order valence-electron chi connectivity index (χ3n) is 5.62. The van der Waals surface area contributed by atoms with Crippen LogP contribution in [0.4, 0.5) is 6.01 Å². The highest BCUT2D eigenvalue weighted by Gasteiger charge is 2.28. The lowest BCUT2D eigenvalue weighted by Crippen LogP contribution is -2.43. The number of hydrogen-bond donors (Lipinski definition) is 1. The molecule has 31 heavy (non-hydrogen) atoms. The van der Waals surface area contributed by atoms with Crippen molar-refractivity contribution in [1.82, 2.24) is 15.5 Å². The number of aromatic nitrogens is 2. The van der Waals surface area contributed by atoms with E-state index in [0.29, 0.717) is 24.9 Å². The molecule has 2 heterocycles. The minimum absolute atomic E-state index is 0.0809. The van der Waals surface area contributed by atoms with Crippen LogP contribution < -0.4 is 15.0 Å². The van der Waals surface area contributed by atoms with Crippen molar-refractivity contribution in [2.24, 2.45) is 5.92 Å². The van der Waals surface area contributed by atoms with E-state index in [1.807, 2.05) is 29.2 Å². The van der Waals surface area contributed by atoms with E-state index < -0.39 is 0 Å². The largest absolute Gasteiger partial charge is 0.497 e. The van der Waals surface area contributed by atoms with E-state index in [1.54, 1.807) is 7.11 Å². The van der Waals surface area contributed by atoms with Crippen LogP contribution in [0, 0.1) is 12.8 Å². The van der Waals surface area contributed by atoms with E-state index in [-0.39, 0.29) is 11.8 Å². The summed E-state index contributed by atoms with van der Waals surface area (Å²) in [7, 11) is 1.63. The van der Waals surface area contributed by atoms with Crippen LogP contribution in [0.25, 0.3) is 11.4 Å². The Balaban J connectivity index is 1.32. The van der Waals surface area contributed by atoms with Crippen molar-refractivity contribution in [1.29, 1.82) is 0 Å². The highest BCUT2D eigenvalue weighted by atomic mass is 16.5. The number of anilines is 1. The first-order valence-corrected chi connectivity index (χ1v) is 10.7. The summed E-state index contributed by atoms with van der Waals surface area (Å²) in [4.78, 5) is 19.3. The molecule has 0 saturated carbocycles. The van der Waals surface area contributed by atoms with E-state index >= 15 is 0 Å². The molecule has 162 valence electrons. The van der Waals surface area contributed by atoms with Crippen LogP contribution in [0.5, 0.6) is 5.75 Å². The van der Waals surface area contributed by atoms with Gasteiger partial charge in [-0.15, -0.1) is 0 Å². The number of rotatable bonds is 7. The van der Waals surface area contributed by atoms with Gasteiger partial charge in [0.1, 0.15) is 5.75 Å². The number of amides is 1. The van der Waals surface area contributed by atoms with Crippen LogP contribution in [0.1, 0.15) is 24.0 Å². The molecule has 1 fully saturated rings. The number of nitrogens with zero attached hydrogens (tertiary/aromatic N) is 3. The van der Waals surface area contributed by atoms with Gasteiger partial charge in [0.2, 0.25) is 11.7 Å². The van der Waals surface area contributed by atoms with Gasteiger partial charge in [-0.2, -0.15) is 4.98 Å². The van der Waals surface area contributed by atoms with Crippen LogP contribution in [-0.4, -0.2) is 42.8 Å². The number of carbonyl (C=O) groups excluding carboxylic acids is 1. The summed E-state index contributed by atoms with van der Waals surface area (Å²) in [6, 6.07) is 16.4. The van der Waals surface area contributed by atoms with Crippen LogP contribution in [0.3, 0.4) is 0 Å². The predicted molar refractivity (Wildman–Crippen MR) is 119 cm³/mol. The van der Waals surface area contributed by atoms with E-state index in [1.165, 1.54) is 11.1 Å². The lowest BCUT2D eigenvalue weighted by molar-refractivity contribution is -0.125. The average Bonchev–Trinajstić information content (AvgIpc) is 3.30. The number of benzene rings is 2. The molecule has 7 heteroatoms. The van der Waals surface area contributed by atoms with Crippen LogP contribution in [0.2, 0.25) is 0 Å². The van der Waals surface area contributed by atoms with Gasteiger partial charge in [0.15, 0.2) is 0 Å². The molecule has 7 nitrogen and oxygen atoms in total.